The predicted octanol–water partition coefficient (Wildman–Crippen LogP) is 7.96. The number of carboxylic acids is 1. The van der Waals surface area contributed by atoms with Crippen LogP contribution in [0.5, 0.6) is 5.75 Å². The highest BCUT2D eigenvalue weighted by molar-refractivity contribution is 6.36. The van der Waals surface area contributed by atoms with Gasteiger partial charge in [-0.05, 0) is 68.3 Å². The van der Waals surface area contributed by atoms with Gasteiger partial charge in [-0.2, -0.15) is 0 Å². The normalized spacial score (nSPS) is 15.6. The van der Waals surface area contributed by atoms with Crippen molar-refractivity contribution in [1.29, 1.82) is 0 Å². The third-order valence-electron chi connectivity index (χ3n) is 5.90. The first-order valence-electron chi connectivity index (χ1n) is 10.5. The van der Waals surface area contributed by atoms with E-state index < -0.39 is 5.97 Å². The van der Waals surface area contributed by atoms with Gasteiger partial charge in [-0.3, -0.25) is 0 Å². The maximum atomic E-state index is 11.2. The van der Waals surface area contributed by atoms with E-state index in [0.29, 0.717) is 27.5 Å². The van der Waals surface area contributed by atoms with Gasteiger partial charge in [-0.25, -0.2) is 4.79 Å². The van der Waals surface area contributed by atoms with Crippen LogP contribution < -0.4 is 4.74 Å². The molecule has 0 saturated heterocycles. The number of aromatic carboxylic acids is 1. The molecule has 4 nitrogen and oxygen atoms in total. The van der Waals surface area contributed by atoms with E-state index in [0.717, 1.165) is 29.7 Å². The first kappa shape index (κ1) is 21.8. The van der Waals surface area contributed by atoms with Gasteiger partial charge in [-0.1, -0.05) is 42.5 Å². The molecule has 1 atom stereocenters. The second-order valence-electron chi connectivity index (χ2n) is 8.01. The summed E-state index contributed by atoms with van der Waals surface area (Å²) in [5.41, 5.74) is 2.02. The Kier molecular flexibility index (Phi) is 6.59. The molecule has 1 fully saturated rings. The van der Waals surface area contributed by atoms with Crippen molar-refractivity contribution in [2.24, 2.45) is 5.92 Å². The molecule has 162 valence electrons. The Bertz CT molecular complexity index is 1070. The van der Waals surface area contributed by atoms with Gasteiger partial charge in [0.15, 0.2) is 0 Å². The first-order chi connectivity index (χ1) is 14.9. The molecule has 1 unspecified atom stereocenters. The Morgan fingerprint density at radius 2 is 1.77 bits per heavy atom. The number of halogens is 2. The van der Waals surface area contributed by atoms with E-state index in [1.165, 1.54) is 19.3 Å². The van der Waals surface area contributed by atoms with Crippen molar-refractivity contribution < 1.29 is 19.1 Å². The Hall–Kier alpha value is -2.43. The number of ether oxygens (including phenoxy) is 1. The Morgan fingerprint density at radius 3 is 2.42 bits per heavy atom. The fourth-order valence-corrected chi connectivity index (χ4v) is 4.78. The minimum atomic E-state index is -0.953. The molecule has 0 radical (unpaired) electrons. The fraction of sp³-hybridized carbons (Fsp3) is 0.320. The number of hydrogen-bond donors (Lipinski definition) is 1. The molecule has 1 aliphatic carbocycles. The third-order valence-corrected chi connectivity index (χ3v) is 6.45. The molecule has 0 bridgehead atoms. The molecule has 4 rings (SSSR count). The molecule has 3 aromatic rings. The minimum Gasteiger partial charge on any atom is -0.485 e. The van der Waals surface area contributed by atoms with Crippen LogP contribution in [0.2, 0.25) is 10.0 Å². The van der Waals surface area contributed by atoms with Crippen molar-refractivity contribution in [3.05, 3.63) is 75.5 Å². The minimum absolute atomic E-state index is 0.181. The lowest BCUT2D eigenvalue weighted by atomic mass is 9.82. The van der Waals surface area contributed by atoms with E-state index in [1.807, 2.05) is 19.1 Å². The molecule has 6 heteroatoms. The SMILES string of the molecule is Cc1oc(-c2ccc(Cl)cc2Cl)cc1C(Oc1ccc(C(=O)O)cc1)C1CCCCC1. The lowest BCUT2D eigenvalue weighted by Gasteiger charge is -2.30. The number of furan rings is 1. The van der Waals surface area contributed by atoms with E-state index >= 15 is 0 Å². The molecule has 1 saturated carbocycles. The second-order valence-corrected chi connectivity index (χ2v) is 8.86. The fourth-order valence-electron chi connectivity index (χ4n) is 4.27. The van der Waals surface area contributed by atoms with Gasteiger partial charge in [0.2, 0.25) is 0 Å². The van der Waals surface area contributed by atoms with Crippen LogP contribution in [0.15, 0.2) is 52.9 Å². The summed E-state index contributed by atoms with van der Waals surface area (Å²) in [6.07, 6.45) is 5.58. The van der Waals surface area contributed by atoms with Gasteiger partial charge in [0.1, 0.15) is 23.4 Å². The van der Waals surface area contributed by atoms with Crippen LogP contribution in [0.3, 0.4) is 0 Å². The van der Waals surface area contributed by atoms with Crippen molar-refractivity contribution >= 4 is 29.2 Å². The zero-order valence-electron chi connectivity index (χ0n) is 17.2. The van der Waals surface area contributed by atoms with Crippen LogP contribution in [0.25, 0.3) is 11.3 Å². The summed E-state index contributed by atoms with van der Waals surface area (Å²) < 4.78 is 12.5. The van der Waals surface area contributed by atoms with E-state index in [2.05, 4.69) is 0 Å². The van der Waals surface area contributed by atoms with Crippen molar-refractivity contribution in [3.63, 3.8) is 0 Å². The molecule has 2 aromatic carbocycles. The Balaban J connectivity index is 1.68. The number of carbonyl (C=O) groups is 1. The molecule has 31 heavy (non-hydrogen) atoms. The molecule has 0 spiro atoms. The first-order valence-corrected chi connectivity index (χ1v) is 11.2. The van der Waals surface area contributed by atoms with E-state index in [9.17, 15) is 4.79 Å². The summed E-state index contributed by atoms with van der Waals surface area (Å²) in [4.78, 5) is 11.2. The number of rotatable bonds is 6. The van der Waals surface area contributed by atoms with Gasteiger partial charge >= 0.3 is 5.97 Å². The summed E-state index contributed by atoms with van der Waals surface area (Å²) in [6.45, 7) is 1.94. The maximum Gasteiger partial charge on any atom is 0.335 e. The second kappa shape index (κ2) is 9.37. The van der Waals surface area contributed by atoms with Crippen molar-refractivity contribution in [1.82, 2.24) is 0 Å². The number of hydrogen-bond acceptors (Lipinski definition) is 3. The summed E-state index contributed by atoms with van der Waals surface area (Å²) in [7, 11) is 0. The summed E-state index contributed by atoms with van der Waals surface area (Å²) in [5, 5.41) is 10.3. The van der Waals surface area contributed by atoms with Crippen LogP contribution in [-0.4, -0.2) is 11.1 Å². The molecular weight excluding hydrogens is 435 g/mol. The Labute approximate surface area is 191 Å². The smallest absolute Gasteiger partial charge is 0.335 e. The van der Waals surface area contributed by atoms with Crippen molar-refractivity contribution in [2.75, 3.05) is 0 Å². The maximum absolute atomic E-state index is 11.2. The molecule has 1 aliphatic rings. The zero-order chi connectivity index (χ0) is 22.0. The van der Waals surface area contributed by atoms with Gasteiger partial charge in [0.25, 0.3) is 0 Å². The highest BCUT2D eigenvalue weighted by Crippen LogP contribution is 2.42. The van der Waals surface area contributed by atoms with Gasteiger partial charge in [0, 0.05) is 22.1 Å². The monoisotopic (exact) mass is 458 g/mol. The molecule has 1 N–H and O–H groups in total. The molecule has 0 amide bonds. The summed E-state index contributed by atoms with van der Waals surface area (Å²) in [5.74, 6) is 1.52. The van der Waals surface area contributed by atoms with E-state index in [4.69, 9.17) is 37.5 Å². The van der Waals surface area contributed by atoms with E-state index in [-0.39, 0.29) is 11.7 Å². The average molecular weight is 459 g/mol. The topological polar surface area (TPSA) is 59.7 Å². The molecule has 0 aliphatic heterocycles. The van der Waals surface area contributed by atoms with Gasteiger partial charge in [-0.15, -0.1) is 0 Å². The van der Waals surface area contributed by atoms with E-state index in [1.54, 1.807) is 36.4 Å². The highest BCUT2D eigenvalue weighted by atomic mass is 35.5. The van der Waals surface area contributed by atoms with Crippen LogP contribution >= 0.6 is 23.2 Å². The lowest BCUT2D eigenvalue weighted by Crippen LogP contribution is -2.21. The van der Waals surface area contributed by atoms with Crippen LogP contribution in [-0.2, 0) is 0 Å². The van der Waals surface area contributed by atoms with Crippen LogP contribution in [0.1, 0.15) is 59.9 Å². The third kappa shape index (κ3) is 4.91. The standard InChI is InChI=1S/C25H24Cl2O4/c1-15-21(14-23(30-15)20-12-9-18(26)13-22(20)27)24(16-5-3-2-4-6-16)31-19-10-7-17(8-11-19)25(28)29/h7-14,16,24H,2-6H2,1H3,(H,28,29). The number of benzene rings is 2. The highest BCUT2D eigenvalue weighted by Gasteiger charge is 2.30. The Morgan fingerprint density at radius 1 is 1.06 bits per heavy atom. The molecule has 1 heterocycles. The predicted molar refractivity (Wildman–Crippen MR) is 122 cm³/mol. The van der Waals surface area contributed by atoms with Crippen LogP contribution in [0.4, 0.5) is 0 Å². The van der Waals surface area contributed by atoms with Crippen molar-refractivity contribution in [3.8, 4) is 17.1 Å². The summed E-state index contributed by atoms with van der Waals surface area (Å²) >= 11 is 12.4. The molecular formula is C25H24Cl2O4. The summed E-state index contributed by atoms with van der Waals surface area (Å²) in [6, 6.07) is 13.9. The number of carboxylic acid groups (broad SMARTS) is 1. The largest absolute Gasteiger partial charge is 0.485 e. The zero-order valence-corrected chi connectivity index (χ0v) is 18.7. The number of aryl methyl sites for hydroxylation is 1. The van der Waals surface area contributed by atoms with Gasteiger partial charge in [0.05, 0.1) is 10.6 Å². The van der Waals surface area contributed by atoms with Crippen molar-refractivity contribution in [2.45, 2.75) is 45.1 Å². The van der Waals surface area contributed by atoms with Crippen LogP contribution in [0, 0.1) is 12.8 Å². The molecule has 1 aromatic heterocycles. The lowest BCUT2D eigenvalue weighted by molar-refractivity contribution is 0.0696. The quantitative estimate of drug-likeness (QED) is 0.406. The van der Waals surface area contributed by atoms with Gasteiger partial charge < -0.3 is 14.3 Å². The average Bonchev–Trinajstić information content (AvgIpc) is 3.14.